The Balaban J connectivity index is 1.53. The number of carbonyl (C=O) groups excluding carboxylic acids is 1. The van der Waals surface area contributed by atoms with Crippen LogP contribution in [-0.4, -0.2) is 17.5 Å². The number of rotatable bonds is 7. The Labute approximate surface area is 164 Å². The first-order valence-corrected chi connectivity index (χ1v) is 9.87. The Morgan fingerprint density at radius 1 is 1.11 bits per heavy atom. The summed E-state index contributed by atoms with van der Waals surface area (Å²) in [6.07, 6.45) is 3.68. The SMILES string of the molecule is CCc1ccc(Cc2cnc(NC(=O)COc3cc(C)ccc3C)s2)cc1. The van der Waals surface area contributed by atoms with Crippen molar-refractivity contribution in [2.45, 2.75) is 33.6 Å². The fourth-order valence-electron chi connectivity index (χ4n) is 2.70. The molecule has 0 aliphatic rings. The average Bonchev–Trinajstić information content (AvgIpc) is 3.10. The van der Waals surface area contributed by atoms with E-state index in [0.717, 1.165) is 34.6 Å². The third-order valence-electron chi connectivity index (χ3n) is 4.31. The van der Waals surface area contributed by atoms with Crippen LogP contribution in [0.4, 0.5) is 5.13 Å². The molecule has 0 saturated heterocycles. The van der Waals surface area contributed by atoms with Gasteiger partial charge in [-0.25, -0.2) is 4.98 Å². The average molecular weight is 381 g/mol. The van der Waals surface area contributed by atoms with Crippen LogP contribution >= 0.6 is 11.3 Å². The van der Waals surface area contributed by atoms with E-state index in [4.69, 9.17) is 4.74 Å². The highest BCUT2D eigenvalue weighted by Gasteiger charge is 2.09. The number of anilines is 1. The van der Waals surface area contributed by atoms with Gasteiger partial charge in [0, 0.05) is 17.5 Å². The highest BCUT2D eigenvalue weighted by Crippen LogP contribution is 2.22. The molecule has 1 aromatic heterocycles. The molecule has 0 aliphatic carbocycles. The maximum absolute atomic E-state index is 12.2. The normalized spacial score (nSPS) is 10.6. The van der Waals surface area contributed by atoms with Crippen molar-refractivity contribution in [2.24, 2.45) is 0 Å². The number of benzene rings is 2. The van der Waals surface area contributed by atoms with Crippen molar-refractivity contribution in [3.05, 3.63) is 75.8 Å². The third kappa shape index (κ3) is 5.41. The van der Waals surface area contributed by atoms with E-state index in [1.165, 1.54) is 22.5 Å². The van der Waals surface area contributed by atoms with E-state index in [-0.39, 0.29) is 12.5 Å². The maximum Gasteiger partial charge on any atom is 0.264 e. The Kier molecular flexibility index (Phi) is 6.24. The number of hydrogen-bond acceptors (Lipinski definition) is 4. The summed E-state index contributed by atoms with van der Waals surface area (Å²) >= 11 is 1.49. The number of thiazole rings is 1. The number of carbonyl (C=O) groups is 1. The van der Waals surface area contributed by atoms with E-state index in [0.29, 0.717) is 5.13 Å². The van der Waals surface area contributed by atoms with Gasteiger partial charge in [0.2, 0.25) is 0 Å². The van der Waals surface area contributed by atoms with Crippen LogP contribution in [0.25, 0.3) is 0 Å². The summed E-state index contributed by atoms with van der Waals surface area (Å²) in [4.78, 5) is 17.6. The molecule has 1 heterocycles. The highest BCUT2D eigenvalue weighted by atomic mass is 32.1. The van der Waals surface area contributed by atoms with Crippen molar-refractivity contribution in [3.63, 3.8) is 0 Å². The van der Waals surface area contributed by atoms with Gasteiger partial charge in [-0.3, -0.25) is 10.1 Å². The van der Waals surface area contributed by atoms with E-state index in [1.807, 2.05) is 38.2 Å². The molecule has 0 saturated carbocycles. The molecule has 3 aromatic rings. The minimum atomic E-state index is -0.205. The first-order valence-electron chi connectivity index (χ1n) is 9.06. The zero-order valence-corrected chi connectivity index (χ0v) is 16.7. The van der Waals surface area contributed by atoms with Crippen LogP contribution in [-0.2, 0) is 17.6 Å². The van der Waals surface area contributed by atoms with E-state index in [1.54, 1.807) is 0 Å². The molecule has 0 unspecified atom stereocenters. The molecule has 5 heteroatoms. The molecule has 27 heavy (non-hydrogen) atoms. The van der Waals surface area contributed by atoms with Gasteiger partial charge >= 0.3 is 0 Å². The molecule has 0 aliphatic heterocycles. The highest BCUT2D eigenvalue weighted by molar-refractivity contribution is 7.15. The minimum absolute atomic E-state index is 0.0301. The Morgan fingerprint density at radius 3 is 2.59 bits per heavy atom. The topological polar surface area (TPSA) is 51.2 Å². The van der Waals surface area contributed by atoms with Gasteiger partial charge in [0.05, 0.1) is 0 Å². The lowest BCUT2D eigenvalue weighted by atomic mass is 10.1. The lowest BCUT2D eigenvalue weighted by Gasteiger charge is -2.09. The Hall–Kier alpha value is -2.66. The second-order valence-corrected chi connectivity index (χ2v) is 7.70. The van der Waals surface area contributed by atoms with Crippen molar-refractivity contribution in [1.29, 1.82) is 0 Å². The predicted molar refractivity (Wildman–Crippen MR) is 111 cm³/mol. The second kappa shape index (κ2) is 8.82. The molecule has 0 atom stereocenters. The number of amides is 1. The zero-order valence-electron chi connectivity index (χ0n) is 15.9. The van der Waals surface area contributed by atoms with Gasteiger partial charge in [0.1, 0.15) is 5.75 Å². The van der Waals surface area contributed by atoms with Gasteiger partial charge in [-0.2, -0.15) is 0 Å². The third-order valence-corrected chi connectivity index (χ3v) is 5.22. The van der Waals surface area contributed by atoms with Gasteiger partial charge in [0.15, 0.2) is 11.7 Å². The first-order chi connectivity index (χ1) is 13.0. The van der Waals surface area contributed by atoms with Crippen molar-refractivity contribution in [1.82, 2.24) is 4.98 Å². The van der Waals surface area contributed by atoms with Crippen molar-refractivity contribution >= 4 is 22.4 Å². The van der Waals surface area contributed by atoms with Crippen molar-refractivity contribution < 1.29 is 9.53 Å². The number of nitrogens with one attached hydrogen (secondary N) is 1. The van der Waals surface area contributed by atoms with Crippen LogP contribution in [0.1, 0.15) is 34.1 Å². The monoisotopic (exact) mass is 380 g/mol. The lowest BCUT2D eigenvalue weighted by molar-refractivity contribution is -0.118. The smallest absolute Gasteiger partial charge is 0.264 e. The van der Waals surface area contributed by atoms with Crippen LogP contribution < -0.4 is 10.1 Å². The molecule has 1 amide bonds. The van der Waals surface area contributed by atoms with Crippen LogP contribution in [0, 0.1) is 13.8 Å². The number of ether oxygens (including phenoxy) is 1. The molecular weight excluding hydrogens is 356 g/mol. The maximum atomic E-state index is 12.2. The molecule has 4 nitrogen and oxygen atoms in total. The predicted octanol–water partition coefficient (Wildman–Crippen LogP) is 4.93. The molecule has 0 spiro atoms. The minimum Gasteiger partial charge on any atom is -0.483 e. The largest absolute Gasteiger partial charge is 0.483 e. The molecule has 2 aromatic carbocycles. The van der Waals surface area contributed by atoms with E-state index in [2.05, 4.69) is 41.5 Å². The fourth-order valence-corrected chi connectivity index (χ4v) is 3.57. The van der Waals surface area contributed by atoms with Gasteiger partial charge in [-0.15, -0.1) is 11.3 Å². The van der Waals surface area contributed by atoms with Gasteiger partial charge in [-0.1, -0.05) is 43.3 Å². The van der Waals surface area contributed by atoms with E-state index >= 15 is 0 Å². The second-order valence-electron chi connectivity index (χ2n) is 6.58. The quantitative estimate of drug-likeness (QED) is 0.632. The van der Waals surface area contributed by atoms with E-state index in [9.17, 15) is 4.79 Å². The van der Waals surface area contributed by atoms with Crippen LogP contribution in [0.3, 0.4) is 0 Å². The fraction of sp³-hybridized carbons (Fsp3) is 0.273. The molecular formula is C22H24N2O2S. The summed E-state index contributed by atoms with van der Waals surface area (Å²) < 4.78 is 5.64. The molecule has 140 valence electrons. The summed E-state index contributed by atoms with van der Waals surface area (Å²) in [5.41, 5.74) is 4.69. The van der Waals surface area contributed by atoms with E-state index < -0.39 is 0 Å². The summed E-state index contributed by atoms with van der Waals surface area (Å²) in [5.74, 6) is 0.532. The summed E-state index contributed by atoms with van der Waals surface area (Å²) in [7, 11) is 0. The Bertz CT molecular complexity index is 916. The number of aryl methyl sites for hydroxylation is 3. The standard InChI is InChI=1S/C22H24N2O2S/c1-4-17-7-9-18(10-8-17)12-19-13-23-22(27-19)24-21(25)14-26-20-11-15(2)5-6-16(20)3/h5-11,13H,4,12,14H2,1-3H3,(H,23,24,25). The lowest BCUT2D eigenvalue weighted by Crippen LogP contribution is -2.20. The molecule has 0 radical (unpaired) electrons. The van der Waals surface area contributed by atoms with Crippen LogP contribution in [0.2, 0.25) is 0 Å². The molecule has 0 fully saturated rings. The first kappa shape index (κ1) is 19.1. The van der Waals surface area contributed by atoms with Crippen molar-refractivity contribution in [3.8, 4) is 5.75 Å². The summed E-state index contributed by atoms with van der Waals surface area (Å²) in [6, 6.07) is 14.6. The number of aromatic nitrogens is 1. The van der Waals surface area contributed by atoms with Crippen molar-refractivity contribution in [2.75, 3.05) is 11.9 Å². The number of nitrogens with zero attached hydrogens (tertiary/aromatic N) is 1. The Morgan fingerprint density at radius 2 is 1.85 bits per heavy atom. The van der Waals surface area contributed by atoms with Crippen LogP contribution in [0.5, 0.6) is 5.75 Å². The summed E-state index contributed by atoms with van der Waals surface area (Å²) in [6.45, 7) is 6.08. The zero-order chi connectivity index (χ0) is 19.2. The van der Waals surface area contributed by atoms with Gasteiger partial charge in [0.25, 0.3) is 5.91 Å². The molecule has 0 bridgehead atoms. The molecule has 1 N–H and O–H groups in total. The summed E-state index contributed by atoms with van der Waals surface area (Å²) in [5, 5.41) is 3.42. The number of hydrogen-bond donors (Lipinski definition) is 1. The van der Waals surface area contributed by atoms with Gasteiger partial charge in [-0.05, 0) is 48.6 Å². The molecule has 3 rings (SSSR count). The van der Waals surface area contributed by atoms with Crippen LogP contribution in [0.15, 0.2) is 48.7 Å². The van der Waals surface area contributed by atoms with Gasteiger partial charge < -0.3 is 4.74 Å².